The highest BCUT2D eigenvalue weighted by molar-refractivity contribution is 5.04. The summed E-state index contributed by atoms with van der Waals surface area (Å²) in [5.74, 6) is 0.667. The Morgan fingerprint density at radius 2 is 1.69 bits per heavy atom. The summed E-state index contributed by atoms with van der Waals surface area (Å²) >= 11 is 0. The van der Waals surface area contributed by atoms with Gasteiger partial charge in [-0.3, -0.25) is 0 Å². The van der Waals surface area contributed by atoms with Crippen LogP contribution in [0.2, 0.25) is 0 Å². The minimum Gasteiger partial charge on any atom is -0.376 e. The van der Waals surface area contributed by atoms with E-state index in [-0.39, 0.29) is 0 Å². The smallest absolute Gasteiger partial charge is 0.0678 e. The first-order valence-corrected chi connectivity index (χ1v) is 7.10. The number of unbranched alkanes of at least 4 members (excludes halogenated alkanes) is 7. The Morgan fingerprint density at radius 1 is 1.06 bits per heavy atom. The van der Waals surface area contributed by atoms with Gasteiger partial charge in [0.2, 0.25) is 0 Å². The molecule has 0 aromatic heterocycles. The maximum absolute atomic E-state index is 5.39. The Balaban J connectivity index is 1.83. The highest BCUT2D eigenvalue weighted by Gasteiger charge is 2.18. The summed E-state index contributed by atoms with van der Waals surface area (Å²) in [5.41, 5.74) is 1.32. The van der Waals surface area contributed by atoms with Gasteiger partial charge in [-0.25, -0.2) is 0 Å². The fourth-order valence-electron chi connectivity index (χ4n) is 2.38. The summed E-state index contributed by atoms with van der Waals surface area (Å²) in [6.45, 7) is 8.07. The molecule has 1 unspecified atom stereocenters. The molecule has 1 heterocycles. The molecular weight excluding hydrogens is 196 g/mol. The van der Waals surface area contributed by atoms with E-state index in [0.717, 1.165) is 13.2 Å². The molecule has 1 aliphatic rings. The molecule has 0 spiro atoms. The number of hydrogen-bond acceptors (Lipinski definition) is 1. The first-order valence-electron chi connectivity index (χ1n) is 7.10. The SMILES string of the molecule is C=C1COCC1CCCCCCCCCC. The molecular formula is C15H28O. The van der Waals surface area contributed by atoms with Gasteiger partial charge in [0.15, 0.2) is 0 Å². The summed E-state index contributed by atoms with van der Waals surface area (Å²) in [4.78, 5) is 0. The van der Waals surface area contributed by atoms with Crippen molar-refractivity contribution in [3.8, 4) is 0 Å². The highest BCUT2D eigenvalue weighted by Crippen LogP contribution is 2.24. The van der Waals surface area contributed by atoms with Crippen LogP contribution in [-0.2, 0) is 4.74 Å². The van der Waals surface area contributed by atoms with Gasteiger partial charge < -0.3 is 4.74 Å². The van der Waals surface area contributed by atoms with Crippen molar-refractivity contribution in [1.29, 1.82) is 0 Å². The first-order chi connectivity index (χ1) is 7.84. The molecule has 1 fully saturated rings. The van der Waals surface area contributed by atoms with E-state index in [1.54, 1.807) is 0 Å². The van der Waals surface area contributed by atoms with Crippen LogP contribution < -0.4 is 0 Å². The Hall–Kier alpha value is -0.300. The molecule has 1 aliphatic heterocycles. The van der Waals surface area contributed by atoms with Crippen LogP contribution in [0.3, 0.4) is 0 Å². The van der Waals surface area contributed by atoms with Gasteiger partial charge in [0.05, 0.1) is 13.2 Å². The summed E-state index contributed by atoms with van der Waals surface area (Å²) in [6.07, 6.45) is 12.6. The van der Waals surface area contributed by atoms with Crippen molar-refractivity contribution in [2.45, 2.75) is 64.7 Å². The molecule has 0 aliphatic carbocycles. The number of ether oxygens (including phenoxy) is 1. The zero-order chi connectivity index (χ0) is 11.6. The lowest BCUT2D eigenvalue weighted by molar-refractivity contribution is 0.185. The van der Waals surface area contributed by atoms with Crippen LogP contribution >= 0.6 is 0 Å². The zero-order valence-corrected chi connectivity index (χ0v) is 11.0. The summed E-state index contributed by atoms with van der Waals surface area (Å²) in [6, 6.07) is 0. The van der Waals surface area contributed by atoms with Crippen LogP contribution in [0.25, 0.3) is 0 Å². The van der Waals surface area contributed by atoms with Gasteiger partial charge >= 0.3 is 0 Å². The van der Waals surface area contributed by atoms with Crippen molar-refractivity contribution in [2.24, 2.45) is 5.92 Å². The minimum atomic E-state index is 0.667. The van der Waals surface area contributed by atoms with Crippen LogP contribution in [-0.4, -0.2) is 13.2 Å². The fourth-order valence-corrected chi connectivity index (χ4v) is 2.38. The van der Waals surface area contributed by atoms with E-state index in [4.69, 9.17) is 4.74 Å². The van der Waals surface area contributed by atoms with Crippen LogP contribution in [0.1, 0.15) is 64.7 Å². The quantitative estimate of drug-likeness (QED) is 0.407. The molecule has 0 saturated carbocycles. The molecule has 1 heteroatoms. The van der Waals surface area contributed by atoms with E-state index in [0.29, 0.717) is 5.92 Å². The molecule has 1 nitrogen and oxygen atoms in total. The van der Waals surface area contributed by atoms with Crippen LogP contribution in [0.4, 0.5) is 0 Å². The van der Waals surface area contributed by atoms with Crippen molar-refractivity contribution in [3.05, 3.63) is 12.2 Å². The average Bonchev–Trinajstić information content (AvgIpc) is 2.68. The predicted octanol–water partition coefficient (Wildman–Crippen LogP) is 4.72. The molecule has 0 amide bonds. The Morgan fingerprint density at radius 3 is 2.25 bits per heavy atom. The van der Waals surface area contributed by atoms with Gasteiger partial charge in [0, 0.05) is 5.92 Å². The third-order valence-electron chi connectivity index (χ3n) is 3.59. The lowest BCUT2D eigenvalue weighted by Crippen LogP contribution is -2.00. The molecule has 0 N–H and O–H groups in total. The number of hydrogen-bond donors (Lipinski definition) is 0. The topological polar surface area (TPSA) is 9.23 Å². The molecule has 0 radical (unpaired) electrons. The maximum Gasteiger partial charge on any atom is 0.0678 e. The maximum atomic E-state index is 5.39. The highest BCUT2D eigenvalue weighted by atomic mass is 16.5. The fraction of sp³-hybridized carbons (Fsp3) is 0.867. The van der Waals surface area contributed by atoms with E-state index in [2.05, 4.69) is 13.5 Å². The monoisotopic (exact) mass is 224 g/mol. The molecule has 1 atom stereocenters. The molecule has 0 aromatic rings. The molecule has 16 heavy (non-hydrogen) atoms. The lowest BCUT2D eigenvalue weighted by Gasteiger charge is -2.08. The van der Waals surface area contributed by atoms with Crippen molar-refractivity contribution < 1.29 is 4.74 Å². The van der Waals surface area contributed by atoms with E-state index in [9.17, 15) is 0 Å². The third-order valence-corrected chi connectivity index (χ3v) is 3.59. The minimum absolute atomic E-state index is 0.667. The summed E-state index contributed by atoms with van der Waals surface area (Å²) in [5, 5.41) is 0. The summed E-state index contributed by atoms with van der Waals surface area (Å²) in [7, 11) is 0. The van der Waals surface area contributed by atoms with Crippen LogP contribution in [0, 0.1) is 5.92 Å². The van der Waals surface area contributed by atoms with Crippen LogP contribution in [0.15, 0.2) is 12.2 Å². The van der Waals surface area contributed by atoms with Gasteiger partial charge in [-0.1, -0.05) is 64.9 Å². The van der Waals surface area contributed by atoms with E-state index in [1.807, 2.05) is 0 Å². The van der Waals surface area contributed by atoms with Crippen molar-refractivity contribution in [2.75, 3.05) is 13.2 Å². The van der Waals surface area contributed by atoms with Gasteiger partial charge in [-0.15, -0.1) is 0 Å². The van der Waals surface area contributed by atoms with Crippen molar-refractivity contribution >= 4 is 0 Å². The van der Waals surface area contributed by atoms with Crippen LogP contribution in [0.5, 0.6) is 0 Å². The first kappa shape index (κ1) is 13.8. The van der Waals surface area contributed by atoms with E-state index < -0.39 is 0 Å². The van der Waals surface area contributed by atoms with Gasteiger partial charge in [-0.05, 0) is 12.0 Å². The number of rotatable bonds is 9. The van der Waals surface area contributed by atoms with E-state index >= 15 is 0 Å². The predicted molar refractivity (Wildman–Crippen MR) is 70.7 cm³/mol. The standard InChI is InChI=1S/C15H28O/c1-3-4-5-6-7-8-9-10-11-15-13-16-12-14(15)2/h15H,2-13H2,1H3. The molecule has 0 aromatic carbocycles. The van der Waals surface area contributed by atoms with Gasteiger partial charge in [-0.2, -0.15) is 0 Å². The molecule has 0 bridgehead atoms. The molecule has 1 rings (SSSR count). The Kier molecular flexibility index (Phi) is 7.58. The third kappa shape index (κ3) is 5.69. The van der Waals surface area contributed by atoms with Gasteiger partial charge in [0.25, 0.3) is 0 Å². The second-order valence-corrected chi connectivity index (χ2v) is 5.13. The Bertz CT molecular complexity index is 186. The molecule has 94 valence electrons. The van der Waals surface area contributed by atoms with Crippen molar-refractivity contribution in [1.82, 2.24) is 0 Å². The average molecular weight is 224 g/mol. The largest absolute Gasteiger partial charge is 0.376 e. The second kappa shape index (κ2) is 8.81. The Labute approximate surface area is 101 Å². The normalized spacial score (nSPS) is 20.6. The lowest BCUT2D eigenvalue weighted by atomic mass is 9.96. The summed E-state index contributed by atoms with van der Waals surface area (Å²) < 4.78 is 5.39. The molecule has 1 saturated heterocycles. The van der Waals surface area contributed by atoms with E-state index in [1.165, 1.54) is 63.4 Å². The van der Waals surface area contributed by atoms with Crippen molar-refractivity contribution in [3.63, 3.8) is 0 Å². The second-order valence-electron chi connectivity index (χ2n) is 5.13. The zero-order valence-electron chi connectivity index (χ0n) is 11.0. The van der Waals surface area contributed by atoms with Gasteiger partial charge in [0.1, 0.15) is 0 Å².